The Morgan fingerprint density at radius 3 is 2.91 bits per heavy atom. The highest BCUT2D eigenvalue weighted by molar-refractivity contribution is 5.39. The molecule has 0 bridgehead atoms. The van der Waals surface area contributed by atoms with Crippen molar-refractivity contribution in [2.75, 3.05) is 0 Å². The minimum Gasteiger partial charge on any atom is -0.435 e. The number of imidazole rings is 2. The van der Waals surface area contributed by atoms with Crippen molar-refractivity contribution in [2.24, 2.45) is 0 Å². The molecule has 1 aromatic carbocycles. The summed E-state index contributed by atoms with van der Waals surface area (Å²) in [6.07, 6.45) is 8.04. The minimum absolute atomic E-state index is 0.121. The Morgan fingerprint density at radius 2 is 2.13 bits per heavy atom. The molecule has 0 aliphatic carbocycles. The van der Waals surface area contributed by atoms with E-state index in [1.807, 2.05) is 23.9 Å². The standard InChI is InChI=1S/C16H16F2N4O/c1-2-15-19-6-7-21(15)9-12-10-22(11-20-12)13-4-3-5-14(8-13)23-16(17)18/h3-8,10-11,16H,2,9H2,1H3. The monoisotopic (exact) mass is 318 g/mol. The maximum absolute atomic E-state index is 12.3. The fourth-order valence-electron chi connectivity index (χ4n) is 2.38. The van der Waals surface area contributed by atoms with Crippen LogP contribution in [0.4, 0.5) is 8.78 Å². The quantitative estimate of drug-likeness (QED) is 0.700. The van der Waals surface area contributed by atoms with Crippen molar-refractivity contribution in [3.8, 4) is 11.4 Å². The fraction of sp³-hybridized carbons (Fsp3) is 0.250. The average Bonchev–Trinajstić information content (AvgIpc) is 3.16. The number of rotatable bonds is 6. The van der Waals surface area contributed by atoms with Crippen LogP contribution in [0.3, 0.4) is 0 Å². The van der Waals surface area contributed by atoms with Gasteiger partial charge in [0.2, 0.25) is 0 Å². The van der Waals surface area contributed by atoms with Gasteiger partial charge in [-0.1, -0.05) is 13.0 Å². The van der Waals surface area contributed by atoms with Gasteiger partial charge in [-0.25, -0.2) is 9.97 Å². The minimum atomic E-state index is -2.84. The molecule has 2 heterocycles. The van der Waals surface area contributed by atoms with Crippen LogP contribution in [0.5, 0.6) is 5.75 Å². The van der Waals surface area contributed by atoms with Crippen LogP contribution in [0.1, 0.15) is 18.4 Å². The molecular weight excluding hydrogens is 302 g/mol. The Bertz CT molecular complexity index is 782. The van der Waals surface area contributed by atoms with Gasteiger partial charge in [0.1, 0.15) is 11.6 Å². The molecule has 0 amide bonds. The fourth-order valence-corrected chi connectivity index (χ4v) is 2.38. The van der Waals surface area contributed by atoms with Crippen LogP contribution in [0.15, 0.2) is 49.2 Å². The molecule has 0 unspecified atom stereocenters. The van der Waals surface area contributed by atoms with Crippen molar-refractivity contribution in [3.63, 3.8) is 0 Å². The molecule has 0 aliphatic rings. The van der Waals surface area contributed by atoms with Gasteiger partial charge in [0.15, 0.2) is 0 Å². The van der Waals surface area contributed by atoms with Crippen LogP contribution in [0, 0.1) is 0 Å². The van der Waals surface area contributed by atoms with E-state index in [4.69, 9.17) is 0 Å². The van der Waals surface area contributed by atoms with E-state index >= 15 is 0 Å². The number of halogens is 2. The number of alkyl halides is 2. The Kier molecular flexibility index (Phi) is 4.36. The van der Waals surface area contributed by atoms with E-state index in [0.29, 0.717) is 12.2 Å². The number of ether oxygens (including phenoxy) is 1. The van der Waals surface area contributed by atoms with Gasteiger partial charge in [-0.15, -0.1) is 0 Å². The van der Waals surface area contributed by atoms with Crippen LogP contribution < -0.4 is 4.74 Å². The largest absolute Gasteiger partial charge is 0.435 e. The molecule has 120 valence electrons. The third-order valence-corrected chi connectivity index (χ3v) is 3.43. The number of hydrogen-bond donors (Lipinski definition) is 0. The molecule has 0 fully saturated rings. The number of hydrogen-bond acceptors (Lipinski definition) is 3. The highest BCUT2D eigenvalue weighted by atomic mass is 19.3. The van der Waals surface area contributed by atoms with E-state index in [9.17, 15) is 8.78 Å². The number of benzene rings is 1. The summed E-state index contributed by atoms with van der Waals surface area (Å²) in [6.45, 7) is -0.174. The van der Waals surface area contributed by atoms with Crippen molar-refractivity contribution < 1.29 is 13.5 Å². The summed E-state index contributed by atoms with van der Waals surface area (Å²) in [5.74, 6) is 1.11. The molecule has 23 heavy (non-hydrogen) atoms. The van der Waals surface area contributed by atoms with Crippen molar-refractivity contribution in [1.82, 2.24) is 19.1 Å². The third kappa shape index (κ3) is 3.56. The van der Waals surface area contributed by atoms with E-state index in [1.54, 1.807) is 35.3 Å². The second-order valence-corrected chi connectivity index (χ2v) is 4.97. The van der Waals surface area contributed by atoms with E-state index in [2.05, 4.69) is 14.7 Å². The second-order valence-electron chi connectivity index (χ2n) is 4.97. The highest BCUT2D eigenvalue weighted by Crippen LogP contribution is 2.19. The van der Waals surface area contributed by atoms with Gasteiger partial charge in [0.25, 0.3) is 0 Å². The topological polar surface area (TPSA) is 44.9 Å². The molecule has 7 heteroatoms. The first-order valence-electron chi connectivity index (χ1n) is 7.24. The van der Waals surface area contributed by atoms with Crippen molar-refractivity contribution in [1.29, 1.82) is 0 Å². The van der Waals surface area contributed by atoms with Crippen molar-refractivity contribution in [3.05, 3.63) is 60.7 Å². The predicted molar refractivity (Wildman–Crippen MR) is 80.9 cm³/mol. The van der Waals surface area contributed by atoms with Crippen LogP contribution >= 0.6 is 0 Å². The van der Waals surface area contributed by atoms with Crippen molar-refractivity contribution in [2.45, 2.75) is 26.5 Å². The van der Waals surface area contributed by atoms with E-state index in [1.165, 1.54) is 6.07 Å². The predicted octanol–water partition coefficient (Wildman–Crippen LogP) is 3.28. The normalized spacial score (nSPS) is 11.1. The van der Waals surface area contributed by atoms with Gasteiger partial charge in [0.05, 0.1) is 24.3 Å². The Labute approximate surface area is 132 Å². The van der Waals surface area contributed by atoms with E-state index in [-0.39, 0.29) is 5.75 Å². The van der Waals surface area contributed by atoms with Gasteiger partial charge >= 0.3 is 6.61 Å². The molecule has 5 nitrogen and oxygen atoms in total. The Hall–Kier alpha value is -2.70. The summed E-state index contributed by atoms with van der Waals surface area (Å²) in [5, 5.41) is 0. The lowest BCUT2D eigenvalue weighted by Crippen LogP contribution is -2.03. The molecule has 0 saturated heterocycles. The summed E-state index contributed by atoms with van der Waals surface area (Å²) < 4.78 is 32.8. The smallest absolute Gasteiger partial charge is 0.387 e. The van der Waals surface area contributed by atoms with Gasteiger partial charge in [-0.3, -0.25) is 0 Å². The lowest BCUT2D eigenvalue weighted by molar-refractivity contribution is -0.0498. The Balaban J connectivity index is 1.79. The molecule has 3 rings (SSSR count). The molecule has 0 radical (unpaired) electrons. The molecular formula is C16H16F2N4O. The summed E-state index contributed by atoms with van der Waals surface area (Å²) in [6, 6.07) is 6.51. The van der Waals surface area contributed by atoms with Crippen molar-refractivity contribution >= 4 is 0 Å². The first kappa shape index (κ1) is 15.2. The van der Waals surface area contributed by atoms with Crippen LogP contribution in [-0.4, -0.2) is 25.7 Å². The van der Waals surface area contributed by atoms with E-state index < -0.39 is 6.61 Å². The maximum atomic E-state index is 12.3. The molecule has 0 N–H and O–H groups in total. The molecule has 3 aromatic rings. The lowest BCUT2D eigenvalue weighted by atomic mass is 10.3. The first-order chi connectivity index (χ1) is 11.2. The van der Waals surface area contributed by atoms with Crippen LogP contribution in [0.25, 0.3) is 5.69 Å². The summed E-state index contributed by atoms with van der Waals surface area (Å²) in [7, 11) is 0. The zero-order valence-corrected chi connectivity index (χ0v) is 12.6. The zero-order chi connectivity index (χ0) is 16.2. The molecule has 0 atom stereocenters. The van der Waals surface area contributed by atoms with Gasteiger partial charge in [-0.2, -0.15) is 8.78 Å². The number of nitrogens with zero attached hydrogens (tertiary/aromatic N) is 4. The van der Waals surface area contributed by atoms with Gasteiger partial charge in [0, 0.05) is 31.1 Å². The highest BCUT2D eigenvalue weighted by Gasteiger charge is 2.08. The molecule has 0 aliphatic heterocycles. The van der Waals surface area contributed by atoms with Gasteiger partial charge in [-0.05, 0) is 12.1 Å². The third-order valence-electron chi connectivity index (χ3n) is 3.43. The zero-order valence-electron chi connectivity index (χ0n) is 12.6. The van der Waals surface area contributed by atoms with Crippen LogP contribution in [0.2, 0.25) is 0 Å². The van der Waals surface area contributed by atoms with Crippen LogP contribution in [-0.2, 0) is 13.0 Å². The summed E-state index contributed by atoms with van der Waals surface area (Å²) in [5.41, 5.74) is 1.57. The lowest BCUT2D eigenvalue weighted by Gasteiger charge is -2.07. The molecule has 2 aromatic heterocycles. The summed E-state index contributed by atoms with van der Waals surface area (Å²) >= 11 is 0. The second kappa shape index (κ2) is 6.60. The maximum Gasteiger partial charge on any atom is 0.387 e. The van der Waals surface area contributed by atoms with E-state index in [0.717, 1.165) is 17.9 Å². The summed E-state index contributed by atoms with van der Waals surface area (Å²) in [4.78, 5) is 8.63. The average molecular weight is 318 g/mol. The molecule has 0 spiro atoms. The Morgan fingerprint density at radius 1 is 1.26 bits per heavy atom. The molecule has 0 saturated carbocycles. The number of aromatic nitrogens is 4. The first-order valence-corrected chi connectivity index (χ1v) is 7.24. The van der Waals surface area contributed by atoms with Gasteiger partial charge < -0.3 is 13.9 Å². The number of aryl methyl sites for hydroxylation is 1. The SMILES string of the molecule is CCc1nccn1Cc1cn(-c2cccc(OC(F)F)c2)cn1.